The number of nitrogens with zero attached hydrogens (tertiary/aromatic N) is 1. The van der Waals surface area contributed by atoms with Crippen LogP contribution in [0.15, 0.2) is 0 Å². The van der Waals surface area contributed by atoms with Crippen LogP contribution in [-0.4, -0.2) is 4.98 Å². The molecule has 1 rings (SSSR count). The number of aryl methyl sites for hydroxylation is 1. The number of rotatable bonds is 2. The molecule has 0 aromatic carbocycles. The molecule has 2 nitrogen and oxygen atoms in total. The van der Waals surface area contributed by atoms with Crippen LogP contribution in [0.4, 0.5) is 8.78 Å². The lowest BCUT2D eigenvalue weighted by Crippen LogP contribution is -2.03. The van der Waals surface area contributed by atoms with Crippen LogP contribution in [0.3, 0.4) is 0 Å². The zero-order valence-corrected chi connectivity index (χ0v) is 7.66. The Hall–Kier alpha value is -0.550. The van der Waals surface area contributed by atoms with Crippen molar-refractivity contribution < 1.29 is 8.78 Å². The molecule has 5 heteroatoms. The Labute approximate surface area is 73.4 Å². The molecule has 0 aliphatic heterocycles. The first kappa shape index (κ1) is 9.54. The van der Waals surface area contributed by atoms with Crippen LogP contribution in [0.2, 0.25) is 0 Å². The fourth-order valence-electron chi connectivity index (χ4n) is 0.827. The molecular weight excluding hydrogens is 182 g/mol. The lowest BCUT2D eigenvalue weighted by Gasteiger charge is -1.95. The molecule has 0 amide bonds. The molecule has 2 N–H and O–H groups in total. The van der Waals surface area contributed by atoms with Crippen molar-refractivity contribution in [3.8, 4) is 0 Å². The minimum atomic E-state index is -2.44. The van der Waals surface area contributed by atoms with E-state index < -0.39 is 6.43 Å². The van der Waals surface area contributed by atoms with Gasteiger partial charge in [0.05, 0.1) is 16.6 Å². The number of hydrogen-bond donors (Lipinski definition) is 1. The summed E-state index contributed by atoms with van der Waals surface area (Å²) < 4.78 is 24.5. The maximum atomic E-state index is 12.2. The number of thiazole rings is 1. The Bertz CT molecular complexity index is 270. The zero-order chi connectivity index (χ0) is 9.30. The van der Waals surface area contributed by atoms with Gasteiger partial charge in [-0.3, -0.25) is 0 Å². The molecule has 0 aliphatic carbocycles. The van der Waals surface area contributed by atoms with Crippen LogP contribution >= 0.6 is 11.3 Å². The summed E-state index contributed by atoms with van der Waals surface area (Å²) in [6, 6.07) is -0.263. The van der Waals surface area contributed by atoms with Gasteiger partial charge in [-0.25, -0.2) is 13.8 Å². The van der Waals surface area contributed by atoms with Gasteiger partial charge in [0.1, 0.15) is 5.01 Å². The maximum absolute atomic E-state index is 12.2. The molecule has 0 aliphatic rings. The Morgan fingerprint density at radius 2 is 2.08 bits per heavy atom. The molecule has 1 heterocycles. The Morgan fingerprint density at radius 1 is 1.50 bits per heavy atom. The van der Waals surface area contributed by atoms with E-state index in [1.54, 1.807) is 13.8 Å². The highest BCUT2D eigenvalue weighted by molar-refractivity contribution is 7.11. The molecule has 1 atom stereocenters. The van der Waals surface area contributed by atoms with E-state index in [1.165, 1.54) is 0 Å². The summed E-state index contributed by atoms with van der Waals surface area (Å²) in [4.78, 5) is 3.97. The molecule has 1 aromatic rings. The highest BCUT2D eigenvalue weighted by atomic mass is 32.1. The van der Waals surface area contributed by atoms with Gasteiger partial charge in [-0.05, 0) is 13.8 Å². The Morgan fingerprint density at radius 3 is 2.33 bits per heavy atom. The number of hydrogen-bond acceptors (Lipinski definition) is 3. The summed E-state index contributed by atoms with van der Waals surface area (Å²) >= 11 is 0.990. The van der Waals surface area contributed by atoms with Crippen LogP contribution in [0.5, 0.6) is 0 Å². The fourth-order valence-corrected chi connectivity index (χ4v) is 1.70. The monoisotopic (exact) mass is 192 g/mol. The predicted molar refractivity (Wildman–Crippen MR) is 44.4 cm³/mol. The Balaban J connectivity index is 3.00. The van der Waals surface area contributed by atoms with Crippen molar-refractivity contribution in [3.05, 3.63) is 15.6 Å². The van der Waals surface area contributed by atoms with Gasteiger partial charge in [0.2, 0.25) is 0 Å². The lowest BCUT2D eigenvalue weighted by molar-refractivity contribution is 0.154. The highest BCUT2D eigenvalue weighted by Gasteiger charge is 2.17. The number of aromatic nitrogens is 1. The largest absolute Gasteiger partial charge is 0.322 e. The SMILES string of the molecule is Cc1nc(C(C)N)sc1C(F)F. The average Bonchev–Trinajstić information content (AvgIpc) is 2.30. The molecule has 0 saturated carbocycles. The first-order chi connectivity index (χ1) is 5.52. The third-order valence-electron chi connectivity index (χ3n) is 1.44. The summed E-state index contributed by atoms with van der Waals surface area (Å²) in [7, 11) is 0. The van der Waals surface area contributed by atoms with Crippen molar-refractivity contribution in [1.82, 2.24) is 4.98 Å². The van der Waals surface area contributed by atoms with E-state index in [-0.39, 0.29) is 10.9 Å². The predicted octanol–water partition coefficient (Wildman–Crippen LogP) is 2.41. The molecule has 0 spiro atoms. The lowest BCUT2D eigenvalue weighted by atomic mass is 10.4. The highest BCUT2D eigenvalue weighted by Crippen LogP contribution is 2.30. The van der Waals surface area contributed by atoms with Crippen molar-refractivity contribution in [1.29, 1.82) is 0 Å². The second-order valence-electron chi connectivity index (χ2n) is 2.59. The summed E-state index contributed by atoms with van der Waals surface area (Å²) in [6.45, 7) is 3.30. The number of nitrogens with two attached hydrogens (primary N) is 1. The third-order valence-corrected chi connectivity index (χ3v) is 2.80. The van der Waals surface area contributed by atoms with Gasteiger partial charge >= 0.3 is 0 Å². The van der Waals surface area contributed by atoms with E-state index in [9.17, 15) is 8.78 Å². The van der Waals surface area contributed by atoms with Crippen LogP contribution < -0.4 is 5.73 Å². The zero-order valence-electron chi connectivity index (χ0n) is 6.84. The molecule has 12 heavy (non-hydrogen) atoms. The molecule has 0 saturated heterocycles. The molecule has 0 bridgehead atoms. The topological polar surface area (TPSA) is 38.9 Å². The fraction of sp³-hybridized carbons (Fsp3) is 0.571. The van der Waals surface area contributed by atoms with Crippen molar-refractivity contribution in [2.45, 2.75) is 26.3 Å². The summed E-state index contributed by atoms with van der Waals surface area (Å²) in [5.41, 5.74) is 5.89. The van der Waals surface area contributed by atoms with Gasteiger partial charge < -0.3 is 5.73 Å². The van der Waals surface area contributed by atoms with E-state index in [0.29, 0.717) is 10.7 Å². The molecule has 0 radical (unpaired) electrons. The second kappa shape index (κ2) is 3.45. The number of halogens is 2. The van der Waals surface area contributed by atoms with Crippen molar-refractivity contribution in [2.24, 2.45) is 5.73 Å². The second-order valence-corrected chi connectivity index (χ2v) is 3.65. The van der Waals surface area contributed by atoms with Crippen LogP contribution in [0.1, 0.15) is 35.0 Å². The first-order valence-electron chi connectivity index (χ1n) is 3.53. The summed E-state index contributed by atoms with van der Waals surface area (Å²) in [5, 5.41) is 0.572. The van der Waals surface area contributed by atoms with Gasteiger partial charge in [-0.1, -0.05) is 0 Å². The van der Waals surface area contributed by atoms with E-state index in [0.717, 1.165) is 11.3 Å². The van der Waals surface area contributed by atoms with Gasteiger partial charge in [-0.15, -0.1) is 11.3 Å². The maximum Gasteiger partial charge on any atom is 0.274 e. The van der Waals surface area contributed by atoms with E-state index in [2.05, 4.69) is 4.98 Å². The van der Waals surface area contributed by atoms with E-state index in [4.69, 9.17) is 5.73 Å². The molecule has 1 unspecified atom stereocenters. The average molecular weight is 192 g/mol. The standard InChI is InChI=1S/C7H10F2N2S/c1-3(10)7-11-4(2)5(12-7)6(8)9/h3,6H,10H2,1-2H3. The Kier molecular flexibility index (Phi) is 2.74. The van der Waals surface area contributed by atoms with Crippen LogP contribution in [0, 0.1) is 6.92 Å². The van der Waals surface area contributed by atoms with Gasteiger partial charge in [0.25, 0.3) is 6.43 Å². The number of alkyl halides is 2. The van der Waals surface area contributed by atoms with Gasteiger partial charge in [0.15, 0.2) is 0 Å². The van der Waals surface area contributed by atoms with Crippen molar-refractivity contribution in [3.63, 3.8) is 0 Å². The van der Waals surface area contributed by atoms with E-state index >= 15 is 0 Å². The van der Waals surface area contributed by atoms with Crippen LogP contribution in [-0.2, 0) is 0 Å². The normalized spacial score (nSPS) is 13.8. The smallest absolute Gasteiger partial charge is 0.274 e. The summed E-state index contributed by atoms with van der Waals surface area (Å²) in [6.07, 6.45) is -2.44. The molecule has 68 valence electrons. The molecule has 1 aromatic heterocycles. The van der Waals surface area contributed by atoms with Crippen LogP contribution in [0.25, 0.3) is 0 Å². The minimum absolute atomic E-state index is 0.0299. The van der Waals surface area contributed by atoms with Gasteiger partial charge in [0, 0.05) is 0 Å². The minimum Gasteiger partial charge on any atom is -0.322 e. The molecular formula is C7H10F2N2S. The van der Waals surface area contributed by atoms with Crippen molar-refractivity contribution >= 4 is 11.3 Å². The third kappa shape index (κ3) is 1.78. The van der Waals surface area contributed by atoms with Gasteiger partial charge in [-0.2, -0.15) is 0 Å². The summed E-state index contributed by atoms with van der Waals surface area (Å²) in [5.74, 6) is 0. The quantitative estimate of drug-likeness (QED) is 0.781. The molecule has 0 fully saturated rings. The first-order valence-corrected chi connectivity index (χ1v) is 4.35. The van der Waals surface area contributed by atoms with Crippen molar-refractivity contribution in [2.75, 3.05) is 0 Å². The van der Waals surface area contributed by atoms with E-state index in [1.807, 2.05) is 0 Å².